The molecule has 0 atom stereocenters. The Balaban J connectivity index is 0.000001000. The first kappa shape index (κ1) is 17.0. The van der Waals surface area contributed by atoms with E-state index >= 15 is 0 Å². The number of pyridine rings is 1. The molecule has 20 heavy (non-hydrogen) atoms. The minimum atomic E-state index is 0. The zero-order chi connectivity index (χ0) is 12.4. The molecule has 1 saturated heterocycles. The zero-order valence-electron chi connectivity index (χ0n) is 11.1. The van der Waals surface area contributed by atoms with Crippen LogP contribution in [0.1, 0.15) is 18.4 Å². The number of carbonyl (C=O) groups excluding carboxylic acids is 1. The molecule has 1 fully saturated rings. The average Bonchev–Trinajstić information content (AvgIpc) is 2.89. The van der Waals surface area contributed by atoms with Crippen LogP contribution in [0.5, 0.6) is 0 Å². The van der Waals surface area contributed by atoms with Gasteiger partial charge in [0.15, 0.2) is 0 Å². The number of halogens is 2. The molecule has 0 bridgehead atoms. The topological polar surface area (TPSA) is 66.0 Å². The number of carbonyl (C=O) groups is 1. The van der Waals surface area contributed by atoms with Gasteiger partial charge in [0.05, 0.1) is 0 Å². The Kier molecular flexibility index (Phi) is 6.52. The Morgan fingerprint density at radius 1 is 1.25 bits per heavy atom. The lowest BCUT2D eigenvalue weighted by Crippen LogP contribution is -2.34. The molecule has 3 rings (SSSR count). The quantitative estimate of drug-likeness (QED) is 0.778. The predicted molar refractivity (Wildman–Crippen MR) is 85.2 cm³/mol. The molecule has 0 radical (unpaired) electrons. The van der Waals surface area contributed by atoms with Crippen LogP contribution >= 0.6 is 24.8 Å². The van der Waals surface area contributed by atoms with E-state index in [1.165, 1.54) is 0 Å². The summed E-state index contributed by atoms with van der Waals surface area (Å²) < 4.78 is 0. The van der Waals surface area contributed by atoms with Gasteiger partial charge in [0.25, 0.3) is 0 Å². The standard InChI is InChI=1S/C13H18N4O.2ClH/c18-13(9-1-5-14-6-2-9)17-11-4-8-16-12-10(11)3-7-15-12;;/h4,8-9,14H,1-3,5-7H2,(H2,15,16,17,18);2*1H. The second kappa shape index (κ2) is 7.67. The molecular formula is C13H20Cl2N4O. The molecule has 3 N–H and O–H groups in total. The first-order valence-corrected chi connectivity index (χ1v) is 6.58. The van der Waals surface area contributed by atoms with Crippen molar-refractivity contribution < 1.29 is 4.79 Å². The van der Waals surface area contributed by atoms with Crippen molar-refractivity contribution in [1.82, 2.24) is 10.3 Å². The van der Waals surface area contributed by atoms with Crippen molar-refractivity contribution in [3.8, 4) is 0 Å². The van der Waals surface area contributed by atoms with Gasteiger partial charge in [0.1, 0.15) is 5.82 Å². The molecule has 2 aliphatic heterocycles. The molecule has 1 amide bonds. The van der Waals surface area contributed by atoms with Crippen LogP contribution in [0.15, 0.2) is 12.3 Å². The highest BCUT2D eigenvalue weighted by molar-refractivity contribution is 5.94. The Hall–Kier alpha value is -1.04. The Labute approximate surface area is 131 Å². The molecule has 1 aromatic rings. The van der Waals surface area contributed by atoms with E-state index in [4.69, 9.17) is 0 Å². The Morgan fingerprint density at radius 3 is 2.75 bits per heavy atom. The van der Waals surface area contributed by atoms with Crippen LogP contribution < -0.4 is 16.0 Å². The van der Waals surface area contributed by atoms with Gasteiger partial charge < -0.3 is 16.0 Å². The van der Waals surface area contributed by atoms with Crippen LogP contribution in [0.3, 0.4) is 0 Å². The van der Waals surface area contributed by atoms with E-state index < -0.39 is 0 Å². The molecule has 0 saturated carbocycles. The smallest absolute Gasteiger partial charge is 0.227 e. The van der Waals surface area contributed by atoms with E-state index in [2.05, 4.69) is 20.9 Å². The summed E-state index contributed by atoms with van der Waals surface area (Å²) in [6.45, 7) is 2.78. The summed E-state index contributed by atoms with van der Waals surface area (Å²) in [5, 5.41) is 9.56. The Morgan fingerprint density at radius 2 is 2.00 bits per heavy atom. The number of nitrogens with zero attached hydrogens (tertiary/aromatic N) is 1. The normalized spacial score (nSPS) is 17.2. The molecule has 5 nitrogen and oxygen atoms in total. The van der Waals surface area contributed by atoms with Gasteiger partial charge in [0.2, 0.25) is 5.91 Å². The Bertz CT molecular complexity index is 464. The van der Waals surface area contributed by atoms with Crippen molar-refractivity contribution in [2.24, 2.45) is 5.92 Å². The van der Waals surface area contributed by atoms with Crippen LogP contribution in [0.25, 0.3) is 0 Å². The summed E-state index contributed by atoms with van der Waals surface area (Å²) in [5.41, 5.74) is 2.06. The maximum Gasteiger partial charge on any atom is 0.227 e. The first-order valence-electron chi connectivity index (χ1n) is 6.58. The van der Waals surface area contributed by atoms with Crippen molar-refractivity contribution in [2.75, 3.05) is 30.3 Å². The van der Waals surface area contributed by atoms with E-state index in [-0.39, 0.29) is 36.6 Å². The van der Waals surface area contributed by atoms with E-state index in [1.807, 2.05) is 6.07 Å². The van der Waals surface area contributed by atoms with Crippen LogP contribution in [-0.2, 0) is 11.2 Å². The van der Waals surface area contributed by atoms with Gasteiger partial charge in [-0.05, 0) is 38.4 Å². The zero-order valence-corrected chi connectivity index (χ0v) is 12.8. The first-order chi connectivity index (χ1) is 8.84. The van der Waals surface area contributed by atoms with Gasteiger partial charge in [-0.2, -0.15) is 0 Å². The molecule has 0 aliphatic carbocycles. The highest BCUT2D eigenvalue weighted by Crippen LogP contribution is 2.27. The average molecular weight is 319 g/mol. The predicted octanol–water partition coefficient (Wildman–Crippen LogP) is 1.83. The van der Waals surface area contributed by atoms with E-state index in [9.17, 15) is 4.79 Å². The third-order valence-electron chi connectivity index (χ3n) is 3.69. The van der Waals surface area contributed by atoms with Crippen molar-refractivity contribution >= 4 is 42.2 Å². The summed E-state index contributed by atoms with van der Waals surface area (Å²) in [6.07, 6.45) is 4.54. The van der Waals surface area contributed by atoms with Crippen LogP contribution in [0, 0.1) is 5.92 Å². The number of nitrogens with one attached hydrogen (secondary N) is 3. The van der Waals surface area contributed by atoms with E-state index in [1.54, 1.807) is 6.20 Å². The summed E-state index contributed by atoms with van der Waals surface area (Å²) in [5.74, 6) is 1.21. The fourth-order valence-corrected chi connectivity index (χ4v) is 2.64. The lowest BCUT2D eigenvalue weighted by Gasteiger charge is -2.22. The van der Waals surface area contributed by atoms with Crippen molar-refractivity contribution in [3.63, 3.8) is 0 Å². The number of anilines is 2. The molecular weight excluding hydrogens is 299 g/mol. The maximum absolute atomic E-state index is 12.2. The number of rotatable bonds is 2. The summed E-state index contributed by atoms with van der Waals surface area (Å²) in [6, 6.07) is 1.89. The highest BCUT2D eigenvalue weighted by Gasteiger charge is 2.23. The van der Waals surface area contributed by atoms with Crippen molar-refractivity contribution in [2.45, 2.75) is 19.3 Å². The van der Waals surface area contributed by atoms with E-state index in [0.29, 0.717) is 0 Å². The fraction of sp³-hybridized carbons (Fsp3) is 0.538. The molecule has 1 aromatic heterocycles. The maximum atomic E-state index is 12.2. The molecule has 0 aromatic carbocycles. The summed E-state index contributed by atoms with van der Waals surface area (Å²) in [4.78, 5) is 16.5. The SMILES string of the molecule is Cl.Cl.O=C(Nc1ccnc2c1CCN2)C1CCNCC1. The van der Waals surface area contributed by atoms with Crippen LogP contribution in [-0.4, -0.2) is 30.5 Å². The number of fused-ring (bicyclic) bond motifs is 1. The second-order valence-corrected chi connectivity index (χ2v) is 4.88. The van der Waals surface area contributed by atoms with Crippen molar-refractivity contribution in [3.05, 3.63) is 17.8 Å². The van der Waals surface area contributed by atoms with Gasteiger partial charge in [-0.25, -0.2) is 4.98 Å². The van der Waals surface area contributed by atoms with Crippen LogP contribution in [0.4, 0.5) is 11.5 Å². The van der Waals surface area contributed by atoms with Gasteiger partial charge in [0, 0.05) is 29.9 Å². The third-order valence-corrected chi connectivity index (χ3v) is 3.69. The number of hydrogen-bond acceptors (Lipinski definition) is 4. The number of amides is 1. The molecule has 0 spiro atoms. The largest absolute Gasteiger partial charge is 0.369 e. The van der Waals surface area contributed by atoms with Gasteiger partial charge >= 0.3 is 0 Å². The summed E-state index contributed by atoms with van der Waals surface area (Å²) in [7, 11) is 0. The molecule has 3 heterocycles. The minimum absolute atomic E-state index is 0. The fourth-order valence-electron chi connectivity index (χ4n) is 2.64. The van der Waals surface area contributed by atoms with Crippen molar-refractivity contribution in [1.29, 1.82) is 0 Å². The van der Waals surface area contributed by atoms with Gasteiger partial charge in [-0.1, -0.05) is 0 Å². The number of aromatic nitrogens is 1. The number of piperidine rings is 1. The summed E-state index contributed by atoms with van der Waals surface area (Å²) >= 11 is 0. The molecule has 7 heteroatoms. The lowest BCUT2D eigenvalue weighted by molar-refractivity contribution is -0.120. The molecule has 112 valence electrons. The highest BCUT2D eigenvalue weighted by atomic mass is 35.5. The monoisotopic (exact) mass is 318 g/mol. The van der Waals surface area contributed by atoms with Gasteiger partial charge in [-0.3, -0.25) is 4.79 Å². The number of hydrogen-bond donors (Lipinski definition) is 3. The lowest BCUT2D eigenvalue weighted by atomic mass is 9.97. The molecule has 0 unspecified atom stereocenters. The third kappa shape index (κ3) is 3.53. The minimum Gasteiger partial charge on any atom is -0.369 e. The molecule has 2 aliphatic rings. The van der Waals surface area contributed by atoms with Gasteiger partial charge in [-0.15, -0.1) is 24.8 Å². The second-order valence-electron chi connectivity index (χ2n) is 4.88. The van der Waals surface area contributed by atoms with E-state index in [0.717, 1.165) is 56.0 Å². The van der Waals surface area contributed by atoms with Crippen LogP contribution in [0.2, 0.25) is 0 Å².